The zero-order chi connectivity index (χ0) is 13.7. The first-order chi connectivity index (χ1) is 9.65. The van der Waals surface area contributed by atoms with Crippen molar-refractivity contribution in [1.82, 2.24) is 9.88 Å². The Morgan fingerprint density at radius 3 is 2.90 bits per heavy atom. The van der Waals surface area contributed by atoms with E-state index in [9.17, 15) is 4.39 Å². The number of aromatic nitrogens is 1. The van der Waals surface area contributed by atoms with Crippen molar-refractivity contribution in [2.24, 2.45) is 0 Å². The number of para-hydroxylation sites is 1. The first kappa shape index (κ1) is 12.4. The molecule has 0 bridgehead atoms. The van der Waals surface area contributed by atoms with Gasteiger partial charge in [0.15, 0.2) is 0 Å². The molecular formula is C17H21FN2. The van der Waals surface area contributed by atoms with Gasteiger partial charge in [0.05, 0.1) is 0 Å². The van der Waals surface area contributed by atoms with Gasteiger partial charge in [0, 0.05) is 35.7 Å². The molecule has 1 aliphatic carbocycles. The number of rotatable bonds is 2. The van der Waals surface area contributed by atoms with Crippen LogP contribution in [0.5, 0.6) is 0 Å². The van der Waals surface area contributed by atoms with Crippen molar-refractivity contribution in [3.05, 3.63) is 35.5 Å². The molecule has 1 aromatic carbocycles. The van der Waals surface area contributed by atoms with Crippen LogP contribution < -0.4 is 0 Å². The van der Waals surface area contributed by atoms with E-state index in [1.807, 2.05) is 0 Å². The summed E-state index contributed by atoms with van der Waals surface area (Å²) in [5, 5.41) is 1.34. The van der Waals surface area contributed by atoms with E-state index in [2.05, 4.69) is 41.1 Å². The lowest BCUT2D eigenvalue weighted by molar-refractivity contribution is 0.00212. The first-order valence-electron chi connectivity index (χ1n) is 7.66. The lowest BCUT2D eigenvalue weighted by Crippen LogP contribution is -2.49. The van der Waals surface area contributed by atoms with Crippen LogP contribution in [0, 0.1) is 0 Å². The summed E-state index contributed by atoms with van der Waals surface area (Å²) in [6.07, 6.45) is 3.57. The minimum Gasteiger partial charge on any atom is -0.357 e. The number of benzene rings is 1. The molecule has 1 aliphatic heterocycles. The van der Waals surface area contributed by atoms with Crippen LogP contribution in [0.2, 0.25) is 0 Å². The van der Waals surface area contributed by atoms with Gasteiger partial charge in [-0.3, -0.25) is 4.90 Å². The molecule has 1 aromatic heterocycles. The number of alkyl halides is 1. The molecule has 0 spiro atoms. The Hall–Kier alpha value is -1.35. The van der Waals surface area contributed by atoms with Crippen molar-refractivity contribution < 1.29 is 4.39 Å². The topological polar surface area (TPSA) is 19.0 Å². The summed E-state index contributed by atoms with van der Waals surface area (Å²) in [5.41, 5.74) is 3.01. The summed E-state index contributed by atoms with van der Waals surface area (Å²) in [6.45, 7) is 3.69. The minimum atomic E-state index is -0.919. The van der Waals surface area contributed by atoms with Crippen molar-refractivity contribution in [3.8, 4) is 0 Å². The Labute approximate surface area is 119 Å². The molecule has 1 N–H and O–H groups in total. The Kier molecular flexibility index (Phi) is 2.68. The van der Waals surface area contributed by atoms with Gasteiger partial charge in [0.25, 0.3) is 0 Å². The quantitative estimate of drug-likeness (QED) is 0.881. The van der Waals surface area contributed by atoms with E-state index < -0.39 is 5.67 Å². The fourth-order valence-corrected chi connectivity index (χ4v) is 3.70. The van der Waals surface area contributed by atoms with E-state index in [0.29, 0.717) is 12.6 Å². The van der Waals surface area contributed by atoms with Crippen molar-refractivity contribution in [1.29, 1.82) is 0 Å². The van der Waals surface area contributed by atoms with Gasteiger partial charge in [-0.05, 0) is 44.2 Å². The maximum absolute atomic E-state index is 14.4. The Morgan fingerprint density at radius 2 is 2.15 bits per heavy atom. The first-order valence-corrected chi connectivity index (χ1v) is 7.66. The molecule has 1 atom stereocenters. The molecule has 1 fully saturated rings. The number of hydrogen-bond acceptors (Lipinski definition) is 1. The highest BCUT2D eigenvalue weighted by Gasteiger charge is 2.40. The average Bonchev–Trinajstić information content (AvgIpc) is 2.75. The number of aromatic amines is 1. The van der Waals surface area contributed by atoms with Crippen molar-refractivity contribution in [2.45, 2.75) is 50.9 Å². The third-order valence-electron chi connectivity index (χ3n) is 5.12. The molecule has 3 heteroatoms. The summed E-state index contributed by atoms with van der Waals surface area (Å²) in [4.78, 5) is 5.84. The van der Waals surface area contributed by atoms with E-state index in [1.165, 1.54) is 22.2 Å². The summed E-state index contributed by atoms with van der Waals surface area (Å²) in [7, 11) is 0. The van der Waals surface area contributed by atoms with Gasteiger partial charge >= 0.3 is 0 Å². The van der Waals surface area contributed by atoms with Crippen LogP contribution in [0.4, 0.5) is 4.39 Å². The van der Waals surface area contributed by atoms with Gasteiger partial charge in [0.1, 0.15) is 5.67 Å². The highest BCUT2D eigenvalue weighted by atomic mass is 19.1. The lowest BCUT2D eigenvalue weighted by atomic mass is 9.81. The highest BCUT2D eigenvalue weighted by Crippen LogP contribution is 2.39. The molecule has 106 valence electrons. The van der Waals surface area contributed by atoms with Crippen molar-refractivity contribution >= 4 is 10.9 Å². The number of halogens is 1. The molecule has 2 nitrogen and oxygen atoms in total. The summed E-state index contributed by atoms with van der Waals surface area (Å²) >= 11 is 0. The lowest BCUT2D eigenvalue weighted by Gasteiger charge is -2.42. The number of fused-ring (bicyclic) bond motifs is 3. The molecule has 1 saturated carbocycles. The predicted octanol–water partition coefficient (Wildman–Crippen LogP) is 3.81. The standard InChI is InChI=1S/C17H21FN2/c1-12-9-14-13-5-2-3-6-15(13)19-16(14)10-20(12)11-17(18)7-4-8-17/h2-3,5-6,12,19H,4,7-11H2,1H3/t12-/m1/s1. The predicted molar refractivity (Wildman–Crippen MR) is 79.6 cm³/mol. The molecule has 0 saturated heterocycles. The summed E-state index contributed by atoms with van der Waals surface area (Å²) in [6, 6.07) is 8.91. The maximum atomic E-state index is 14.4. The molecule has 0 unspecified atom stereocenters. The molecule has 2 heterocycles. The maximum Gasteiger partial charge on any atom is 0.123 e. The zero-order valence-corrected chi connectivity index (χ0v) is 12.0. The van der Waals surface area contributed by atoms with Gasteiger partial charge in [0.2, 0.25) is 0 Å². The normalized spacial score (nSPS) is 25.4. The van der Waals surface area contributed by atoms with E-state index >= 15 is 0 Å². The van der Waals surface area contributed by atoms with Crippen LogP contribution >= 0.6 is 0 Å². The van der Waals surface area contributed by atoms with Crippen molar-refractivity contribution in [3.63, 3.8) is 0 Å². The fraction of sp³-hybridized carbons (Fsp3) is 0.529. The zero-order valence-electron chi connectivity index (χ0n) is 12.0. The van der Waals surface area contributed by atoms with Gasteiger partial charge in [-0.25, -0.2) is 4.39 Å². The third kappa shape index (κ3) is 1.87. The Bertz CT molecular complexity index is 641. The Morgan fingerprint density at radius 1 is 1.35 bits per heavy atom. The molecule has 2 aliphatic rings. The van der Waals surface area contributed by atoms with Crippen LogP contribution in [0.15, 0.2) is 24.3 Å². The van der Waals surface area contributed by atoms with E-state index in [-0.39, 0.29) is 0 Å². The third-order valence-corrected chi connectivity index (χ3v) is 5.12. The number of nitrogens with zero attached hydrogens (tertiary/aromatic N) is 1. The number of hydrogen-bond donors (Lipinski definition) is 1. The Balaban J connectivity index is 1.64. The van der Waals surface area contributed by atoms with Crippen molar-refractivity contribution in [2.75, 3.05) is 6.54 Å². The van der Waals surface area contributed by atoms with Gasteiger partial charge in [-0.1, -0.05) is 18.2 Å². The highest BCUT2D eigenvalue weighted by molar-refractivity contribution is 5.84. The largest absolute Gasteiger partial charge is 0.357 e. The molecule has 20 heavy (non-hydrogen) atoms. The van der Waals surface area contributed by atoms with E-state index in [0.717, 1.165) is 32.2 Å². The summed E-state index contributed by atoms with van der Waals surface area (Å²) in [5.74, 6) is 0. The van der Waals surface area contributed by atoms with Gasteiger partial charge in [-0.2, -0.15) is 0 Å². The van der Waals surface area contributed by atoms with E-state index in [1.54, 1.807) is 0 Å². The van der Waals surface area contributed by atoms with Crippen LogP contribution in [0.25, 0.3) is 10.9 Å². The second-order valence-electron chi connectivity index (χ2n) is 6.59. The second kappa shape index (κ2) is 4.32. The smallest absolute Gasteiger partial charge is 0.123 e. The molecular weight excluding hydrogens is 251 g/mol. The molecule has 0 amide bonds. The van der Waals surface area contributed by atoms with Crippen LogP contribution in [0.3, 0.4) is 0 Å². The van der Waals surface area contributed by atoms with Crippen LogP contribution in [0.1, 0.15) is 37.4 Å². The monoisotopic (exact) mass is 272 g/mol. The molecule has 0 radical (unpaired) electrons. The second-order valence-corrected chi connectivity index (χ2v) is 6.59. The van der Waals surface area contributed by atoms with Crippen LogP contribution in [-0.4, -0.2) is 28.1 Å². The van der Waals surface area contributed by atoms with Gasteiger partial charge < -0.3 is 4.98 Å². The minimum absolute atomic E-state index is 0.426. The molecule has 4 rings (SSSR count). The van der Waals surface area contributed by atoms with E-state index in [4.69, 9.17) is 0 Å². The average molecular weight is 272 g/mol. The van der Waals surface area contributed by atoms with Crippen LogP contribution in [-0.2, 0) is 13.0 Å². The SMILES string of the molecule is C[C@@H]1Cc2c([nH]c3ccccc23)CN1CC1(F)CCC1. The fourth-order valence-electron chi connectivity index (χ4n) is 3.70. The number of H-pyrrole nitrogens is 1. The number of nitrogens with one attached hydrogen (secondary N) is 1. The molecule has 2 aromatic rings. The summed E-state index contributed by atoms with van der Waals surface area (Å²) < 4.78 is 14.4. The van der Waals surface area contributed by atoms with Gasteiger partial charge in [-0.15, -0.1) is 0 Å².